The number of tetrazole rings is 2. The zero-order chi connectivity index (χ0) is 106. The van der Waals surface area contributed by atoms with Gasteiger partial charge in [-0.2, -0.15) is 55.1 Å². The molecule has 18 aromatic rings. The van der Waals surface area contributed by atoms with Crippen molar-refractivity contribution in [1.29, 1.82) is 21.0 Å². The van der Waals surface area contributed by atoms with E-state index in [-0.39, 0.29) is 95.5 Å². The monoisotopic (exact) mass is 1990 g/mol. The van der Waals surface area contributed by atoms with Crippen LogP contribution in [0.3, 0.4) is 0 Å². The SMILES string of the molecule is CCOC(=O)c1c(-c2ccccc2)nc(-c2cccc(C#N)c2)n1O.CCOC(=O)c1c(C)nc(-c2cccc(-c3nn[nH]n3)c2)n1O.CCOC(=O)c1c(C)nc(-c2cccc(-c3noc(=O)[nH]3)c2)n1O.CCOC(=O)c1c(C)nc(-c2cccc(C#N)c2)n1O.Cc1nc(-c2cccc(C#N)c2)n(O)c1C(=O)O.N#Cc1cccc(C=O)c1.O=Cc1cccc(-c2nn[nH]n2)c1.O=Cc1cccc(-c2noc(=O)[nH]2)c1. The first kappa shape index (κ1) is 106. The van der Waals surface area contributed by atoms with Crippen molar-refractivity contribution < 1.29 is 97.5 Å². The van der Waals surface area contributed by atoms with Gasteiger partial charge in [-0.1, -0.05) is 162 Å². The van der Waals surface area contributed by atoms with E-state index in [4.69, 9.17) is 45.1 Å². The molecular weight excluding hydrogens is 1910 g/mol. The Kier molecular flexibility index (Phi) is 36.4. The van der Waals surface area contributed by atoms with Gasteiger partial charge in [0.2, 0.25) is 11.6 Å². The summed E-state index contributed by atoms with van der Waals surface area (Å²) in [5.74, 6) is -2.78. The minimum Gasteiger partial charge on any atom is -0.476 e. The Bertz CT molecular complexity index is 8080. The molecule has 0 saturated heterocycles. The maximum atomic E-state index is 12.3. The predicted molar refractivity (Wildman–Crippen MR) is 512 cm³/mol. The standard InChI is InChI=1S/C19H15N3O3.C15H14N4O5.C14H14N6O3.C14H13N3O3.C12H9N3O3.C9H6N2O3.C8H6N4O.C8H5NO/c1-2-25-19(23)17-16(14-8-4-3-5-9-14)21-18(22(17)24)15-10-6-7-13(11-15)12-20;1-3-23-14(20)11-8(2)16-13(19(11)22)10-6-4-5-9(7-10)12-17-15(21)24-18-12;1-3-23-14(21)11-8(2)15-13(20(11)22)10-6-4-5-9(7-10)12-16-18-19-17-12;1-3-20-14(18)12-9(2)16-13(17(12)19)11-6-4-5-10(7-11)8-15;1-7-10(12(16)17)15(18)11(14-7)9-4-2-3-8(5-9)6-13;12-5-6-2-1-3-7(4-6)8-10-9(13)14-11-8;13-5-6-2-1-3-7(4-6)8-9-11-12-10-8;9-5-7-2-1-3-8(4-7)6-10/h3-11,24H,2H2,1H3;4-7,22H,3H2,1-2H3,(H,17,18,21);4-7,22H,3H2,1-2H3,(H,16,17,18,19);4-7,19H,3H2,1-2H3;2-5,18H,1H3,(H,16,17);1-5H,(H,10,11,13);1-5H,(H,9,10,11,12);1-4,6H. The van der Waals surface area contributed by atoms with Crippen molar-refractivity contribution >= 4 is 48.7 Å². The van der Waals surface area contributed by atoms with Gasteiger partial charge in [0.05, 0.1) is 95.7 Å². The molecule has 48 nitrogen and oxygen atoms in total. The normalized spacial score (nSPS) is 10.1. The van der Waals surface area contributed by atoms with Crippen LogP contribution in [0, 0.1) is 73.0 Å². The Morgan fingerprint density at radius 3 is 0.966 bits per heavy atom. The molecule has 0 aliphatic rings. The van der Waals surface area contributed by atoms with Crippen molar-refractivity contribution in [3.05, 3.63) is 336 Å². The fourth-order valence-electron chi connectivity index (χ4n) is 13.4. The number of carbonyl (C=O) groups is 8. The number of aryl methyl sites for hydroxylation is 4. The molecule has 740 valence electrons. The molecular formula is C99H82N26O22. The number of hydrogen-bond donors (Lipinski definition) is 10. The number of aromatic amines is 4. The van der Waals surface area contributed by atoms with E-state index in [0.29, 0.717) is 143 Å². The number of aldehydes is 3. The molecule has 0 radical (unpaired) electrons. The number of aromatic nitrogens is 22. The molecule has 0 atom stereocenters. The zero-order valence-corrected chi connectivity index (χ0v) is 78.5. The number of nitriles is 4. The van der Waals surface area contributed by atoms with Crippen LogP contribution in [0.25, 0.3) is 114 Å². The van der Waals surface area contributed by atoms with Gasteiger partial charge in [0.25, 0.3) is 0 Å². The Morgan fingerprint density at radius 1 is 0.347 bits per heavy atom. The number of esters is 4. The van der Waals surface area contributed by atoms with Crippen molar-refractivity contribution in [3.8, 4) is 138 Å². The molecule has 0 unspecified atom stereocenters. The lowest BCUT2D eigenvalue weighted by Crippen LogP contribution is -2.12. The summed E-state index contributed by atoms with van der Waals surface area (Å²) in [6, 6.07) is 70.8. The van der Waals surface area contributed by atoms with Crippen molar-refractivity contribution in [2.24, 2.45) is 0 Å². The lowest BCUT2D eigenvalue weighted by atomic mass is 10.1. The largest absolute Gasteiger partial charge is 0.476 e. The van der Waals surface area contributed by atoms with E-state index in [1.54, 1.807) is 243 Å². The van der Waals surface area contributed by atoms with Gasteiger partial charge in [-0.3, -0.25) is 33.4 Å². The highest BCUT2D eigenvalue weighted by atomic mass is 16.6. The van der Waals surface area contributed by atoms with Crippen molar-refractivity contribution in [2.45, 2.75) is 55.4 Å². The number of aromatic carboxylic acids is 1. The number of ether oxygens (including phenoxy) is 4. The van der Waals surface area contributed by atoms with Gasteiger partial charge in [-0.25, -0.2) is 58.5 Å². The lowest BCUT2D eigenvalue weighted by Gasteiger charge is -2.05. The number of imidazole rings is 5. The summed E-state index contributed by atoms with van der Waals surface area (Å²) in [6.07, 6.45) is 2.23. The number of hydrogen-bond acceptors (Lipinski definition) is 38. The van der Waals surface area contributed by atoms with Crippen LogP contribution in [0.4, 0.5) is 0 Å². The second kappa shape index (κ2) is 50.6. The molecule has 0 bridgehead atoms. The highest BCUT2D eigenvalue weighted by molar-refractivity contribution is 5.96. The first-order valence-electron chi connectivity index (χ1n) is 43.3. The van der Waals surface area contributed by atoms with Gasteiger partial charge in [0.15, 0.2) is 69.2 Å². The molecule has 9 aromatic carbocycles. The quantitative estimate of drug-likeness (QED) is 0.0130. The number of carboxylic acid groups (broad SMARTS) is 1. The summed E-state index contributed by atoms with van der Waals surface area (Å²) < 4.78 is 32.0. The predicted octanol–water partition coefficient (Wildman–Crippen LogP) is 13.3. The average molecular weight is 1990 g/mol. The highest BCUT2D eigenvalue weighted by Gasteiger charge is 2.30. The second-order valence-corrected chi connectivity index (χ2v) is 29.7. The molecule has 0 amide bonds. The molecule has 10 N–H and O–H groups in total. The number of carboxylic acids is 1. The zero-order valence-electron chi connectivity index (χ0n) is 78.5. The number of nitrogens with zero attached hydrogens (tertiary/aromatic N) is 22. The molecule has 0 fully saturated rings. The summed E-state index contributed by atoms with van der Waals surface area (Å²) in [5, 5.41) is 129. The molecule has 0 aliphatic carbocycles. The van der Waals surface area contributed by atoms with E-state index in [9.17, 15) is 74.0 Å². The minimum absolute atomic E-state index is 0.00631. The lowest BCUT2D eigenvalue weighted by molar-refractivity contribution is 0.0465. The minimum atomic E-state index is -1.26. The van der Waals surface area contributed by atoms with Crippen LogP contribution >= 0.6 is 0 Å². The topological polar surface area (TPSA) is 706 Å². The van der Waals surface area contributed by atoms with Gasteiger partial charge in [0.1, 0.15) is 24.6 Å². The summed E-state index contributed by atoms with van der Waals surface area (Å²) >= 11 is 0. The van der Waals surface area contributed by atoms with E-state index in [1.807, 2.05) is 48.5 Å². The van der Waals surface area contributed by atoms with E-state index in [2.05, 4.69) is 95.5 Å². The van der Waals surface area contributed by atoms with Crippen molar-refractivity contribution in [2.75, 3.05) is 26.4 Å². The van der Waals surface area contributed by atoms with Crippen LogP contribution in [-0.2, 0) is 18.9 Å². The number of nitrogens with one attached hydrogen (secondary N) is 4. The Balaban J connectivity index is 0.000000162. The highest BCUT2D eigenvalue weighted by Crippen LogP contribution is 2.33. The van der Waals surface area contributed by atoms with Crippen LogP contribution < -0.4 is 11.5 Å². The van der Waals surface area contributed by atoms with Crippen LogP contribution in [-0.4, -0.2) is 216 Å². The Hall–Kier alpha value is -21.6. The van der Waals surface area contributed by atoms with E-state index in [1.165, 1.54) is 13.0 Å². The number of carbonyl (C=O) groups excluding carboxylic acids is 7. The number of rotatable bonds is 22. The van der Waals surface area contributed by atoms with Crippen molar-refractivity contribution in [3.63, 3.8) is 0 Å². The van der Waals surface area contributed by atoms with Gasteiger partial charge >= 0.3 is 41.4 Å². The fraction of sp³-hybridized carbons (Fsp3) is 0.121. The molecule has 0 saturated carbocycles. The van der Waals surface area contributed by atoms with Gasteiger partial charge in [0, 0.05) is 72.3 Å². The molecule has 147 heavy (non-hydrogen) atoms. The number of H-pyrrole nitrogens is 4. The summed E-state index contributed by atoms with van der Waals surface area (Å²) in [5.41, 5.74) is 10.7. The first-order chi connectivity index (χ1) is 70.9. The van der Waals surface area contributed by atoms with Crippen LogP contribution in [0.1, 0.15) is 156 Å². The molecule has 9 aromatic heterocycles. The fourth-order valence-corrected chi connectivity index (χ4v) is 13.4. The summed E-state index contributed by atoms with van der Waals surface area (Å²) in [6.45, 7) is 13.9. The average Bonchev–Trinajstić information content (AvgIpc) is 1.63. The van der Waals surface area contributed by atoms with Gasteiger partial charge < -0.3 is 50.1 Å². The second-order valence-electron chi connectivity index (χ2n) is 29.7. The van der Waals surface area contributed by atoms with Crippen LogP contribution in [0.5, 0.6) is 0 Å². The third-order valence-corrected chi connectivity index (χ3v) is 19.9. The third kappa shape index (κ3) is 26.6. The van der Waals surface area contributed by atoms with E-state index >= 15 is 0 Å². The molecule has 18 rings (SSSR count). The Morgan fingerprint density at radius 2 is 0.626 bits per heavy atom. The first-order valence-corrected chi connectivity index (χ1v) is 43.3. The van der Waals surface area contributed by atoms with Gasteiger partial charge in [-0.15, -0.1) is 20.4 Å². The summed E-state index contributed by atoms with van der Waals surface area (Å²) in [4.78, 5) is 138. The van der Waals surface area contributed by atoms with Crippen LogP contribution in [0.15, 0.2) is 243 Å². The van der Waals surface area contributed by atoms with E-state index in [0.717, 1.165) is 33.9 Å². The summed E-state index contributed by atoms with van der Waals surface area (Å²) in [7, 11) is 0. The third-order valence-electron chi connectivity index (χ3n) is 19.9. The van der Waals surface area contributed by atoms with Crippen molar-refractivity contribution in [1.82, 2.24) is 110 Å². The molecule has 0 aliphatic heterocycles. The molecule has 48 heteroatoms. The maximum absolute atomic E-state index is 12.3. The molecule has 0 spiro atoms. The van der Waals surface area contributed by atoms with Gasteiger partial charge in [-0.05, 0) is 139 Å². The van der Waals surface area contributed by atoms with E-state index < -0.39 is 41.4 Å². The molecule has 9 heterocycles. The smallest absolute Gasteiger partial charge is 0.439 e. The van der Waals surface area contributed by atoms with Crippen LogP contribution in [0.2, 0.25) is 0 Å². The maximum Gasteiger partial charge on any atom is 0.439 e. The Labute approximate surface area is 828 Å². The number of benzene rings is 9.